The van der Waals surface area contributed by atoms with Gasteiger partial charge in [0, 0.05) is 20.7 Å². The number of rotatable bonds is 1. The van der Waals surface area contributed by atoms with Crippen LogP contribution in [0.4, 0.5) is 0 Å². The molecule has 0 N–H and O–H groups in total. The van der Waals surface area contributed by atoms with Crippen molar-refractivity contribution < 1.29 is 0 Å². The Bertz CT molecular complexity index is 2570. The predicted molar refractivity (Wildman–Crippen MR) is 193 cm³/mol. The molecular weight excluding hydrogens is 573 g/mol. The van der Waals surface area contributed by atoms with E-state index in [1.807, 2.05) is 11.8 Å². The van der Waals surface area contributed by atoms with Gasteiger partial charge in [-0.15, -0.1) is 0 Å². The van der Waals surface area contributed by atoms with Gasteiger partial charge in [-0.2, -0.15) is 0 Å². The van der Waals surface area contributed by atoms with Crippen LogP contribution in [-0.2, 0) is 5.41 Å². The molecule has 46 heavy (non-hydrogen) atoms. The molecule has 212 valence electrons. The summed E-state index contributed by atoms with van der Waals surface area (Å²) in [7, 11) is 0. The second-order valence-electron chi connectivity index (χ2n) is 12.8. The van der Waals surface area contributed by atoms with E-state index >= 15 is 0 Å². The van der Waals surface area contributed by atoms with Gasteiger partial charge in [0.15, 0.2) is 0 Å². The lowest BCUT2D eigenvalue weighted by Crippen LogP contribution is -2.26. The molecule has 11 rings (SSSR count). The van der Waals surface area contributed by atoms with Crippen LogP contribution in [0.5, 0.6) is 0 Å². The van der Waals surface area contributed by atoms with Gasteiger partial charge in [-0.3, -0.25) is 0 Å². The molecule has 8 aromatic carbocycles. The number of hydrogen-bond acceptors (Lipinski definition) is 1. The van der Waals surface area contributed by atoms with Gasteiger partial charge >= 0.3 is 0 Å². The maximum Gasteiger partial charge on any atom is 0.0731 e. The van der Waals surface area contributed by atoms with Crippen molar-refractivity contribution in [1.29, 1.82) is 0 Å². The van der Waals surface area contributed by atoms with E-state index in [0.29, 0.717) is 0 Å². The van der Waals surface area contributed by atoms with E-state index in [2.05, 4.69) is 158 Å². The summed E-state index contributed by atoms with van der Waals surface area (Å²) in [5, 5.41) is 5.29. The van der Waals surface area contributed by atoms with Crippen LogP contribution in [0.2, 0.25) is 0 Å². The SMILES string of the molecule is c1ccc2c(c1)-c1ccccc1C21c2cc(-c3cccc4c3-c3cccc5cccc(c35)S4)ccc2-c2ccc3ccccc3c21. The van der Waals surface area contributed by atoms with Crippen molar-refractivity contribution in [1.82, 2.24) is 0 Å². The molecule has 0 saturated heterocycles. The van der Waals surface area contributed by atoms with E-state index in [1.165, 1.54) is 98.1 Å². The molecule has 1 aliphatic heterocycles. The molecule has 0 bridgehead atoms. The van der Waals surface area contributed by atoms with Crippen LogP contribution in [0, 0.1) is 0 Å². The molecule has 0 amide bonds. The van der Waals surface area contributed by atoms with Crippen molar-refractivity contribution in [3.8, 4) is 44.5 Å². The van der Waals surface area contributed by atoms with Gasteiger partial charge in [0.25, 0.3) is 0 Å². The first kappa shape index (κ1) is 24.9. The first-order chi connectivity index (χ1) is 22.8. The van der Waals surface area contributed by atoms with Crippen molar-refractivity contribution in [3.63, 3.8) is 0 Å². The highest BCUT2D eigenvalue weighted by atomic mass is 32.2. The number of benzene rings is 8. The maximum absolute atomic E-state index is 2.53. The van der Waals surface area contributed by atoms with E-state index in [-0.39, 0.29) is 0 Å². The lowest BCUT2D eigenvalue weighted by atomic mass is 9.69. The van der Waals surface area contributed by atoms with Gasteiger partial charge in [-0.1, -0.05) is 151 Å². The highest BCUT2D eigenvalue weighted by Crippen LogP contribution is 2.64. The first-order valence-electron chi connectivity index (χ1n) is 16.0. The molecule has 2 aliphatic carbocycles. The summed E-state index contributed by atoms with van der Waals surface area (Å²) in [6.07, 6.45) is 0. The molecular formula is C45H26S. The molecule has 0 unspecified atom stereocenters. The highest BCUT2D eigenvalue weighted by Gasteiger charge is 2.52. The Kier molecular flexibility index (Phi) is 4.80. The van der Waals surface area contributed by atoms with Crippen LogP contribution >= 0.6 is 11.8 Å². The molecule has 1 heterocycles. The van der Waals surface area contributed by atoms with Crippen LogP contribution in [0.3, 0.4) is 0 Å². The Morgan fingerprint density at radius 1 is 0.391 bits per heavy atom. The zero-order valence-corrected chi connectivity index (χ0v) is 25.7. The summed E-state index contributed by atoms with van der Waals surface area (Å²) in [4.78, 5) is 2.66. The zero-order valence-electron chi connectivity index (χ0n) is 24.9. The van der Waals surface area contributed by atoms with Gasteiger partial charge in [0.2, 0.25) is 0 Å². The fraction of sp³-hybridized carbons (Fsp3) is 0.0222. The molecule has 0 saturated carbocycles. The molecule has 1 heteroatoms. The van der Waals surface area contributed by atoms with Crippen molar-refractivity contribution in [2.24, 2.45) is 0 Å². The maximum atomic E-state index is 2.53. The minimum atomic E-state index is -0.398. The normalized spacial score (nSPS) is 14.2. The van der Waals surface area contributed by atoms with E-state index in [4.69, 9.17) is 0 Å². The zero-order chi connectivity index (χ0) is 30.0. The van der Waals surface area contributed by atoms with Gasteiger partial charge in [0.1, 0.15) is 0 Å². The second-order valence-corrected chi connectivity index (χ2v) is 13.8. The fourth-order valence-corrected chi connectivity index (χ4v) is 10.1. The molecule has 0 atom stereocenters. The summed E-state index contributed by atoms with van der Waals surface area (Å²) < 4.78 is 0. The molecule has 0 nitrogen and oxygen atoms in total. The Hall–Kier alpha value is -5.37. The molecule has 8 aromatic rings. The largest absolute Gasteiger partial charge is 0.0888 e. The molecule has 0 aromatic heterocycles. The highest BCUT2D eigenvalue weighted by molar-refractivity contribution is 7.99. The Morgan fingerprint density at radius 3 is 1.85 bits per heavy atom. The van der Waals surface area contributed by atoms with Crippen LogP contribution in [0.25, 0.3) is 66.1 Å². The van der Waals surface area contributed by atoms with E-state index < -0.39 is 5.41 Å². The third kappa shape index (κ3) is 2.97. The van der Waals surface area contributed by atoms with E-state index in [9.17, 15) is 0 Å². The van der Waals surface area contributed by atoms with Crippen molar-refractivity contribution in [3.05, 3.63) is 180 Å². The monoisotopic (exact) mass is 598 g/mol. The number of hydrogen-bond donors (Lipinski definition) is 0. The van der Waals surface area contributed by atoms with Crippen LogP contribution in [-0.4, -0.2) is 0 Å². The minimum absolute atomic E-state index is 0.398. The van der Waals surface area contributed by atoms with Crippen LogP contribution in [0.15, 0.2) is 168 Å². The quantitative estimate of drug-likeness (QED) is 0.181. The van der Waals surface area contributed by atoms with Crippen molar-refractivity contribution in [2.75, 3.05) is 0 Å². The molecule has 3 aliphatic rings. The summed E-state index contributed by atoms with van der Waals surface area (Å²) in [6, 6.07) is 59.5. The second kappa shape index (κ2) is 8.88. The van der Waals surface area contributed by atoms with E-state index in [1.54, 1.807) is 0 Å². The first-order valence-corrected chi connectivity index (χ1v) is 16.8. The molecule has 1 spiro atoms. The standard InChI is InChI=1S/C45H26S/c1-2-13-31-27(10-1)22-25-35-34-24-23-29(30-16-9-21-41-43(30)36-17-7-11-28-12-8-20-40(46-41)42(28)36)26-39(34)45(44(31)35)37-18-5-3-14-32(37)33-15-4-6-19-38(33)45/h1-26H. The number of fused-ring (bicyclic) bond motifs is 14. The molecule has 0 radical (unpaired) electrons. The minimum Gasteiger partial charge on any atom is -0.0888 e. The smallest absolute Gasteiger partial charge is 0.0731 e. The Balaban J connectivity index is 1.25. The van der Waals surface area contributed by atoms with Gasteiger partial charge in [-0.05, 0) is 95.6 Å². The lowest BCUT2D eigenvalue weighted by molar-refractivity contribution is 0.801. The lowest BCUT2D eigenvalue weighted by Gasteiger charge is -2.32. The van der Waals surface area contributed by atoms with Gasteiger partial charge in [0.05, 0.1) is 5.41 Å². The van der Waals surface area contributed by atoms with Crippen molar-refractivity contribution >= 4 is 33.3 Å². The van der Waals surface area contributed by atoms with Crippen LogP contribution < -0.4 is 0 Å². The topological polar surface area (TPSA) is 0 Å². The van der Waals surface area contributed by atoms with E-state index in [0.717, 1.165) is 0 Å². The van der Waals surface area contributed by atoms with Gasteiger partial charge in [-0.25, -0.2) is 0 Å². The third-order valence-electron chi connectivity index (χ3n) is 10.7. The Morgan fingerprint density at radius 2 is 1.00 bits per heavy atom. The summed E-state index contributed by atoms with van der Waals surface area (Å²) in [6.45, 7) is 0. The Labute approximate surface area is 272 Å². The molecule has 0 fully saturated rings. The van der Waals surface area contributed by atoms with Crippen LogP contribution in [0.1, 0.15) is 22.3 Å². The predicted octanol–water partition coefficient (Wildman–Crippen LogP) is 12.1. The summed E-state index contributed by atoms with van der Waals surface area (Å²) >= 11 is 1.90. The average molecular weight is 599 g/mol. The summed E-state index contributed by atoms with van der Waals surface area (Å²) in [5.41, 5.74) is 15.8. The average Bonchev–Trinajstić information content (AvgIpc) is 3.59. The van der Waals surface area contributed by atoms with Crippen molar-refractivity contribution in [2.45, 2.75) is 15.2 Å². The fourth-order valence-electron chi connectivity index (χ4n) is 8.94. The third-order valence-corrected chi connectivity index (χ3v) is 11.8. The van der Waals surface area contributed by atoms with Gasteiger partial charge < -0.3 is 0 Å². The summed E-state index contributed by atoms with van der Waals surface area (Å²) in [5.74, 6) is 0.